The van der Waals surface area contributed by atoms with Gasteiger partial charge in [-0.15, -0.1) is 22.0 Å². The van der Waals surface area contributed by atoms with Crippen molar-refractivity contribution < 1.29 is 4.79 Å². The lowest BCUT2D eigenvalue weighted by atomic mass is 10.2. The van der Waals surface area contributed by atoms with Crippen molar-refractivity contribution in [1.82, 2.24) is 19.9 Å². The van der Waals surface area contributed by atoms with E-state index in [9.17, 15) is 4.79 Å². The van der Waals surface area contributed by atoms with E-state index >= 15 is 0 Å². The summed E-state index contributed by atoms with van der Waals surface area (Å²) in [5.41, 5.74) is 1.41. The molecule has 3 rings (SSSR count). The standard InChI is InChI=1S/C15H14N4OS/c1-21-12-7-5-11(6-8-12)15(20)16-10-14-18-17-13-4-2-3-9-19(13)14/h2-9H,10H2,1H3,(H,16,20). The number of hydrogen-bond donors (Lipinski definition) is 1. The average molecular weight is 298 g/mol. The maximum atomic E-state index is 12.1. The fraction of sp³-hybridized carbons (Fsp3) is 0.133. The molecule has 0 radical (unpaired) electrons. The summed E-state index contributed by atoms with van der Waals surface area (Å²) in [6, 6.07) is 13.2. The van der Waals surface area contributed by atoms with Gasteiger partial charge in [0.1, 0.15) is 0 Å². The van der Waals surface area contributed by atoms with Crippen LogP contribution >= 0.6 is 11.8 Å². The highest BCUT2D eigenvalue weighted by Gasteiger charge is 2.08. The Labute approximate surface area is 126 Å². The molecule has 0 fully saturated rings. The average Bonchev–Trinajstić information content (AvgIpc) is 2.96. The maximum absolute atomic E-state index is 12.1. The first-order valence-corrected chi connectivity index (χ1v) is 7.71. The zero-order valence-corrected chi connectivity index (χ0v) is 12.3. The third kappa shape index (κ3) is 2.90. The Kier molecular flexibility index (Phi) is 3.87. The first-order valence-electron chi connectivity index (χ1n) is 6.49. The van der Waals surface area contributed by atoms with Crippen LogP contribution in [0.15, 0.2) is 53.6 Å². The highest BCUT2D eigenvalue weighted by molar-refractivity contribution is 7.98. The molecule has 0 spiro atoms. The van der Waals surface area contributed by atoms with Gasteiger partial charge in [-0.3, -0.25) is 9.20 Å². The molecule has 21 heavy (non-hydrogen) atoms. The number of thioether (sulfide) groups is 1. The fourth-order valence-corrected chi connectivity index (χ4v) is 2.42. The first kappa shape index (κ1) is 13.6. The second-order valence-electron chi connectivity index (χ2n) is 4.46. The molecule has 2 heterocycles. The number of hydrogen-bond acceptors (Lipinski definition) is 4. The van der Waals surface area contributed by atoms with Gasteiger partial charge in [0.2, 0.25) is 0 Å². The minimum absolute atomic E-state index is 0.115. The van der Waals surface area contributed by atoms with Crippen LogP contribution in [0.25, 0.3) is 5.65 Å². The minimum atomic E-state index is -0.115. The van der Waals surface area contributed by atoms with Crippen molar-refractivity contribution in [2.45, 2.75) is 11.4 Å². The van der Waals surface area contributed by atoms with Gasteiger partial charge >= 0.3 is 0 Å². The normalized spacial score (nSPS) is 10.7. The van der Waals surface area contributed by atoms with Gasteiger partial charge in [-0.1, -0.05) is 6.07 Å². The Bertz CT molecular complexity index is 767. The van der Waals surface area contributed by atoms with E-state index in [1.165, 1.54) is 0 Å². The van der Waals surface area contributed by atoms with Gasteiger partial charge in [-0.2, -0.15) is 0 Å². The van der Waals surface area contributed by atoms with Crippen molar-refractivity contribution >= 4 is 23.3 Å². The second kappa shape index (κ2) is 5.97. The minimum Gasteiger partial charge on any atom is -0.345 e. The molecule has 0 unspecified atom stereocenters. The van der Waals surface area contributed by atoms with Crippen LogP contribution in [0, 0.1) is 0 Å². The van der Waals surface area contributed by atoms with Crippen LogP contribution in [0.2, 0.25) is 0 Å². The Morgan fingerprint density at radius 3 is 2.76 bits per heavy atom. The van der Waals surface area contributed by atoms with Crippen molar-refractivity contribution in [2.75, 3.05) is 6.26 Å². The molecular weight excluding hydrogens is 284 g/mol. The Morgan fingerprint density at radius 1 is 1.19 bits per heavy atom. The number of carbonyl (C=O) groups excluding carboxylic acids is 1. The molecule has 1 aromatic carbocycles. The summed E-state index contributed by atoms with van der Waals surface area (Å²) in [5.74, 6) is 0.593. The van der Waals surface area contributed by atoms with Gasteiger partial charge < -0.3 is 5.32 Å². The van der Waals surface area contributed by atoms with Gasteiger partial charge in [-0.25, -0.2) is 0 Å². The third-order valence-electron chi connectivity index (χ3n) is 3.14. The van der Waals surface area contributed by atoms with Gasteiger partial charge in [-0.05, 0) is 42.7 Å². The molecule has 1 N–H and O–H groups in total. The molecule has 0 bridgehead atoms. The SMILES string of the molecule is CSc1ccc(C(=O)NCc2nnc3ccccn23)cc1. The topological polar surface area (TPSA) is 59.3 Å². The fourth-order valence-electron chi connectivity index (χ4n) is 2.02. The monoisotopic (exact) mass is 298 g/mol. The number of nitrogens with one attached hydrogen (secondary N) is 1. The maximum Gasteiger partial charge on any atom is 0.251 e. The number of nitrogens with zero attached hydrogens (tertiary/aromatic N) is 3. The lowest BCUT2D eigenvalue weighted by Crippen LogP contribution is -2.23. The zero-order valence-electron chi connectivity index (χ0n) is 11.5. The van der Waals surface area contributed by atoms with E-state index in [1.54, 1.807) is 11.8 Å². The highest BCUT2D eigenvalue weighted by Crippen LogP contribution is 2.14. The van der Waals surface area contributed by atoms with Crippen LogP contribution in [0.4, 0.5) is 0 Å². The lowest BCUT2D eigenvalue weighted by Gasteiger charge is -2.05. The van der Waals surface area contributed by atoms with E-state index in [0.717, 1.165) is 10.5 Å². The number of fused-ring (bicyclic) bond motifs is 1. The predicted molar refractivity (Wildman–Crippen MR) is 82.4 cm³/mol. The summed E-state index contributed by atoms with van der Waals surface area (Å²) in [5, 5.41) is 11.0. The van der Waals surface area contributed by atoms with E-state index in [1.807, 2.05) is 59.3 Å². The Hall–Kier alpha value is -2.34. The summed E-state index contributed by atoms with van der Waals surface area (Å²) < 4.78 is 1.86. The largest absolute Gasteiger partial charge is 0.345 e. The summed E-state index contributed by atoms with van der Waals surface area (Å²) in [7, 11) is 0. The van der Waals surface area contributed by atoms with Gasteiger partial charge in [0.25, 0.3) is 5.91 Å². The van der Waals surface area contributed by atoms with Crippen molar-refractivity contribution in [3.8, 4) is 0 Å². The molecule has 0 aliphatic carbocycles. The molecule has 3 aromatic rings. The van der Waals surface area contributed by atoms with Gasteiger partial charge in [0, 0.05) is 16.7 Å². The van der Waals surface area contributed by atoms with E-state index in [0.29, 0.717) is 17.9 Å². The number of rotatable bonds is 4. The lowest BCUT2D eigenvalue weighted by molar-refractivity contribution is 0.0949. The van der Waals surface area contributed by atoms with Crippen molar-refractivity contribution in [3.05, 3.63) is 60.0 Å². The molecule has 0 aliphatic rings. The van der Waals surface area contributed by atoms with Crippen molar-refractivity contribution in [3.63, 3.8) is 0 Å². The van der Waals surface area contributed by atoms with Crippen LogP contribution in [-0.4, -0.2) is 26.8 Å². The summed E-state index contributed by atoms with van der Waals surface area (Å²) in [4.78, 5) is 13.2. The molecule has 0 saturated carbocycles. The number of pyridine rings is 1. The predicted octanol–water partition coefficient (Wildman–Crippen LogP) is 2.38. The van der Waals surface area contributed by atoms with E-state index in [4.69, 9.17) is 0 Å². The molecule has 0 aliphatic heterocycles. The van der Waals surface area contributed by atoms with Crippen LogP contribution in [0.3, 0.4) is 0 Å². The molecule has 106 valence electrons. The molecule has 1 amide bonds. The Balaban J connectivity index is 1.70. The Morgan fingerprint density at radius 2 is 2.00 bits per heavy atom. The highest BCUT2D eigenvalue weighted by atomic mass is 32.2. The van der Waals surface area contributed by atoms with Gasteiger partial charge in [0.15, 0.2) is 11.5 Å². The van der Waals surface area contributed by atoms with Crippen LogP contribution in [0.5, 0.6) is 0 Å². The van der Waals surface area contributed by atoms with Gasteiger partial charge in [0.05, 0.1) is 6.54 Å². The number of benzene rings is 1. The number of amides is 1. The number of aromatic nitrogens is 3. The molecule has 0 atom stereocenters. The molecule has 6 heteroatoms. The van der Waals surface area contributed by atoms with E-state index in [2.05, 4.69) is 15.5 Å². The summed E-state index contributed by atoms with van der Waals surface area (Å²) >= 11 is 1.65. The van der Waals surface area contributed by atoms with E-state index < -0.39 is 0 Å². The smallest absolute Gasteiger partial charge is 0.251 e. The molecular formula is C15H14N4OS. The van der Waals surface area contributed by atoms with Crippen LogP contribution < -0.4 is 5.32 Å². The van der Waals surface area contributed by atoms with Crippen molar-refractivity contribution in [2.24, 2.45) is 0 Å². The summed E-state index contributed by atoms with van der Waals surface area (Å²) in [6.07, 6.45) is 3.88. The third-order valence-corrected chi connectivity index (χ3v) is 3.89. The second-order valence-corrected chi connectivity index (χ2v) is 5.34. The van der Waals surface area contributed by atoms with Crippen LogP contribution in [0.1, 0.15) is 16.2 Å². The molecule has 0 saturated heterocycles. The zero-order chi connectivity index (χ0) is 14.7. The molecule has 5 nitrogen and oxygen atoms in total. The number of carbonyl (C=O) groups is 1. The van der Waals surface area contributed by atoms with E-state index in [-0.39, 0.29) is 5.91 Å². The molecule has 2 aromatic heterocycles. The van der Waals surface area contributed by atoms with Crippen molar-refractivity contribution in [1.29, 1.82) is 0 Å². The summed E-state index contributed by atoms with van der Waals surface area (Å²) in [6.45, 7) is 0.342. The quantitative estimate of drug-likeness (QED) is 0.751. The first-order chi connectivity index (χ1) is 10.3. The van der Waals surface area contributed by atoms with Crippen LogP contribution in [-0.2, 0) is 6.54 Å².